The van der Waals surface area contributed by atoms with Crippen LogP contribution in [0.15, 0.2) is 67.3 Å². The topological polar surface area (TPSA) is 71.0 Å². The third-order valence-corrected chi connectivity index (χ3v) is 4.30. The summed E-state index contributed by atoms with van der Waals surface area (Å²) in [6, 6.07) is 15.8. The van der Waals surface area contributed by atoms with E-state index in [0.717, 1.165) is 25.2 Å². The number of pyridine rings is 1. The molecule has 0 unspecified atom stereocenters. The monoisotopic (exact) mass is 361 g/mol. The van der Waals surface area contributed by atoms with Crippen LogP contribution in [0.3, 0.4) is 0 Å². The van der Waals surface area contributed by atoms with Gasteiger partial charge in [-0.3, -0.25) is 9.78 Å². The van der Waals surface area contributed by atoms with E-state index in [9.17, 15) is 4.79 Å². The Balaban J connectivity index is 1.53. The molecule has 0 fully saturated rings. The van der Waals surface area contributed by atoms with Crippen LogP contribution in [0.1, 0.15) is 21.6 Å². The zero-order valence-corrected chi connectivity index (χ0v) is 15.4. The molecule has 0 saturated carbocycles. The van der Waals surface area contributed by atoms with Crippen LogP contribution >= 0.6 is 0 Å². The second kappa shape index (κ2) is 9.43. The normalized spacial score (nSPS) is 10.4. The van der Waals surface area contributed by atoms with E-state index in [1.54, 1.807) is 18.5 Å². The number of anilines is 1. The smallest absolute Gasteiger partial charge is 0.270 e. The summed E-state index contributed by atoms with van der Waals surface area (Å²) in [6.07, 6.45) is 6.68. The first-order valence-corrected chi connectivity index (χ1v) is 8.96. The number of hydrogen-bond acceptors (Lipinski definition) is 5. The fraction of sp³-hybridized carbons (Fsp3) is 0.238. The number of nitrogens with one attached hydrogen (secondary N) is 1. The third kappa shape index (κ3) is 5.60. The quantitative estimate of drug-likeness (QED) is 0.668. The third-order valence-electron chi connectivity index (χ3n) is 4.30. The van der Waals surface area contributed by atoms with Crippen LogP contribution in [0.5, 0.6) is 0 Å². The minimum absolute atomic E-state index is 0.183. The van der Waals surface area contributed by atoms with Crippen molar-refractivity contribution in [2.45, 2.75) is 12.8 Å². The summed E-state index contributed by atoms with van der Waals surface area (Å²) >= 11 is 0. The molecule has 0 spiro atoms. The first-order chi connectivity index (χ1) is 13.2. The zero-order valence-electron chi connectivity index (χ0n) is 15.4. The lowest BCUT2D eigenvalue weighted by Gasteiger charge is -2.18. The van der Waals surface area contributed by atoms with Crippen LogP contribution in [-0.4, -0.2) is 41.0 Å². The number of aromatic nitrogens is 3. The lowest BCUT2D eigenvalue weighted by atomic mass is 10.1. The molecule has 2 heterocycles. The summed E-state index contributed by atoms with van der Waals surface area (Å²) in [5, 5.41) is 2.92. The Kier molecular flexibility index (Phi) is 6.46. The molecule has 1 amide bonds. The Labute approximate surface area is 159 Å². The molecule has 0 aliphatic rings. The summed E-state index contributed by atoms with van der Waals surface area (Å²) in [4.78, 5) is 26.8. The summed E-state index contributed by atoms with van der Waals surface area (Å²) in [5.74, 6) is 0.546. The Morgan fingerprint density at radius 2 is 1.74 bits per heavy atom. The Bertz CT molecular complexity index is 855. The average molecular weight is 361 g/mol. The number of benzene rings is 1. The van der Waals surface area contributed by atoms with Gasteiger partial charge in [-0.15, -0.1) is 0 Å². The summed E-state index contributed by atoms with van der Waals surface area (Å²) < 4.78 is 0. The number of likely N-dealkylation sites (N-methyl/N-ethyl adjacent to an activating group) is 1. The predicted octanol–water partition coefficient (Wildman–Crippen LogP) is 2.52. The minimum Gasteiger partial charge on any atom is -0.359 e. The maximum atomic E-state index is 12.4. The van der Waals surface area contributed by atoms with Crippen LogP contribution < -0.4 is 10.2 Å². The van der Waals surface area contributed by atoms with Gasteiger partial charge < -0.3 is 10.2 Å². The second-order valence-corrected chi connectivity index (χ2v) is 6.28. The van der Waals surface area contributed by atoms with Crippen molar-refractivity contribution in [3.05, 3.63) is 84.1 Å². The maximum absolute atomic E-state index is 12.4. The summed E-state index contributed by atoms with van der Waals surface area (Å²) in [7, 11) is 1.96. The highest BCUT2D eigenvalue weighted by atomic mass is 16.1. The molecule has 1 N–H and O–H groups in total. The van der Waals surface area contributed by atoms with Gasteiger partial charge in [0.05, 0.1) is 0 Å². The van der Waals surface area contributed by atoms with Gasteiger partial charge in [-0.25, -0.2) is 9.97 Å². The van der Waals surface area contributed by atoms with Gasteiger partial charge >= 0.3 is 0 Å². The molecule has 0 atom stereocenters. The summed E-state index contributed by atoms with van der Waals surface area (Å²) in [5.41, 5.74) is 2.78. The first kappa shape index (κ1) is 18.5. The van der Waals surface area contributed by atoms with Gasteiger partial charge in [-0.05, 0) is 36.1 Å². The lowest BCUT2D eigenvalue weighted by Crippen LogP contribution is -2.27. The molecule has 0 bridgehead atoms. The highest BCUT2D eigenvalue weighted by molar-refractivity contribution is 5.92. The van der Waals surface area contributed by atoms with Gasteiger partial charge in [0.2, 0.25) is 0 Å². The fourth-order valence-corrected chi connectivity index (χ4v) is 2.70. The lowest BCUT2D eigenvalue weighted by molar-refractivity contribution is 0.0949. The first-order valence-electron chi connectivity index (χ1n) is 8.96. The minimum atomic E-state index is -0.183. The van der Waals surface area contributed by atoms with E-state index in [4.69, 9.17) is 0 Å². The van der Waals surface area contributed by atoms with E-state index in [0.29, 0.717) is 12.2 Å². The molecule has 0 saturated heterocycles. The van der Waals surface area contributed by atoms with Crippen LogP contribution in [0.25, 0.3) is 0 Å². The van der Waals surface area contributed by atoms with Crippen LogP contribution in [0, 0.1) is 0 Å². The molecule has 6 nitrogen and oxygen atoms in total. The summed E-state index contributed by atoms with van der Waals surface area (Å²) in [6.45, 7) is 1.36. The highest BCUT2D eigenvalue weighted by Gasteiger charge is 2.10. The van der Waals surface area contributed by atoms with Gasteiger partial charge in [0.25, 0.3) is 5.91 Å². The molecule has 6 heteroatoms. The van der Waals surface area contributed by atoms with Crippen molar-refractivity contribution < 1.29 is 4.79 Å². The van der Waals surface area contributed by atoms with Gasteiger partial charge in [-0.1, -0.05) is 30.3 Å². The number of rotatable bonds is 8. The molecule has 0 aliphatic heterocycles. The molecule has 0 radical (unpaired) electrons. The van der Waals surface area contributed by atoms with Gasteiger partial charge in [0.1, 0.15) is 17.8 Å². The van der Waals surface area contributed by atoms with Crippen LogP contribution in [0.2, 0.25) is 0 Å². The molecule has 1 aromatic carbocycles. The largest absolute Gasteiger partial charge is 0.359 e. The van der Waals surface area contributed by atoms with E-state index in [2.05, 4.69) is 20.3 Å². The van der Waals surface area contributed by atoms with Crippen molar-refractivity contribution in [2.24, 2.45) is 0 Å². The van der Waals surface area contributed by atoms with Crippen molar-refractivity contribution >= 4 is 11.7 Å². The molecule has 27 heavy (non-hydrogen) atoms. The van der Waals surface area contributed by atoms with Crippen molar-refractivity contribution in [1.82, 2.24) is 20.3 Å². The van der Waals surface area contributed by atoms with E-state index in [1.807, 2.05) is 54.4 Å². The zero-order chi connectivity index (χ0) is 18.9. The molecule has 3 rings (SSSR count). The Morgan fingerprint density at radius 1 is 1.00 bits per heavy atom. The van der Waals surface area contributed by atoms with Crippen molar-refractivity contribution in [3.63, 3.8) is 0 Å². The molecule has 3 aromatic rings. The molecular weight excluding hydrogens is 338 g/mol. The SMILES string of the molecule is CN(CCc1ccncc1)c1cc(C(=O)NCCc2ccccc2)ncn1. The number of nitrogens with zero attached hydrogens (tertiary/aromatic N) is 4. The van der Waals surface area contributed by atoms with Crippen molar-refractivity contribution in [3.8, 4) is 0 Å². The van der Waals surface area contributed by atoms with Crippen molar-refractivity contribution in [2.75, 3.05) is 25.0 Å². The van der Waals surface area contributed by atoms with E-state index in [1.165, 1.54) is 17.5 Å². The predicted molar refractivity (Wildman–Crippen MR) is 106 cm³/mol. The number of hydrogen-bond donors (Lipinski definition) is 1. The van der Waals surface area contributed by atoms with Gasteiger partial charge in [0, 0.05) is 38.6 Å². The number of amides is 1. The highest BCUT2D eigenvalue weighted by Crippen LogP contribution is 2.10. The van der Waals surface area contributed by atoms with E-state index >= 15 is 0 Å². The molecule has 138 valence electrons. The standard InChI is InChI=1S/C21H23N5O/c1-26(14-10-18-7-11-22-12-8-18)20-15-19(24-16-25-20)21(27)23-13-9-17-5-3-2-4-6-17/h2-8,11-12,15-16H,9-10,13-14H2,1H3,(H,23,27). The van der Waals surface area contributed by atoms with Gasteiger partial charge in [-0.2, -0.15) is 0 Å². The van der Waals surface area contributed by atoms with Crippen LogP contribution in [0.4, 0.5) is 5.82 Å². The fourth-order valence-electron chi connectivity index (χ4n) is 2.70. The Morgan fingerprint density at radius 3 is 2.52 bits per heavy atom. The van der Waals surface area contributed by atoms with Crippen molar-refractivity contribution in [1.29, 1.82) is 0 Å². The number of carbonyl (C=O) groups is 1. The van der Waals surface area contributed by atoms with Crippen LogP contribution in [-0.2, 0) is 12.8 Å². The number of carbonyl (C=O) groups excluding carboxylic acids is 1. The molecule has 2 aromatic heterocycles. The maximum Gasteiger partial charge on any atom is 0.270 e. The molecular formula is C21H23N5O. The van der Waals surface area contributed by atoms with E-state index < -0.39 is 0 Å². The second-order valence-electron chi connectivity index (χ2n) is 6.28. The van der Waals surface area contributed by atoms with Gasteiger partial charge in [0.15, 0.2) is 0 Å². The Hall–Kier alpha value is -3.28. The molecule has 0 aliphatic carbocycles. The average Bonchev–Trinajstić information content (AvgIpc) is 2.73. The van der Waals surface area contributed by atoms with E-state index in [-0.39, 0.29) is 5.91 Å².